The zero-order valence-corrected chi connectivity index (χ0v) is 9.49. The van der Waals surface area contributed by atoms with Gasteiger partial charge in [-0.05, 0) is 13.0 Å². The van der Waals surface area contributed by atoms with Crippen LogP contribution in [-0.2, 0) is 0 Å². The molecule has 0 radical (unpaired) electrons. The second-order valence-corrected chi connectivity index (χ2v) is 3.84. The fourth-order valence-corrected chi connectivity index (χ4v) is 1.47. The number of hydrogen-bond donors (Lipinski definition) is 1. The number of ketones is 1. The number of nitrogens with one attached hydrogen (secondary N) is 1. The zero-order chi connectivity index (χ0) is 11.1. The minimum absolute atomic E-state index is 0.0546. The number of benzene rings is 1. The van der Waals surface area contributed by atoms with Crippen molar-refractivity contribution in [3.8, 4) is 0 Å². The fourth-order valence-electron chi connectivity index (χ4n) is 1.47. The Bertz CT molecular complexity index is 295. The van der Waals surface area contributed by atoms with E-state index < -0.39 is 0 Å². The first-order chi connectivity index (χ1) is 7.25. The first kappa shape index (κ1) is 11.9. The Labute approximate surface area is 91.7 Å². The Balaban J connectivity index is 2.46. The van der Waals surface area contributed by atoms with Crippen molar-refractivity contribution in [2.24, 2.45) is 5.92 Å². The Hall–Kier alpha value is -1.15. The van der Waals surface area contributed by atoms with Crippen LogP contribution < -0.4 is 5.32 Å². The van der Waals surface area contributed by atoms with Crippen molar-refractivity contribution in [3.63, 3.8) is 0 Å². The van der Waals surface area contributed by atoms with Gasteiger partial charge in [0.25, 0.3) is 0 Å². The zero-order valence-electron chi connectivity index (χ0n) is 9.49. The molecule has 1 atom stereocenters. The monoisotopic (exact) mass is 205 g/mol. The van der Waals surface area contributed by atoms with Gasteiger partial charge >= 0.3 is 0 Å². The first-order valence-corrected chi connectivity index (χ1v) is 5.55. The molecule has 0 aliphatic carbocycles. The Morgan fingerprint density at radius 1 is 1.33 bits per heavy atom. The van der Waals surface area contributed by atoms with Gasteiger partial charge in [0.15, 0.2) is 5.78 Å². The highest BCUT2D eigenvalue weighted by Gasteiger charge is 2.13. The molecule has 1 N–H and O–H groups in total. The van der Waals surface area contributed by atoms with Crippen LogP contribution in [0.3, 0.4) is 0 Å². The van der Waals surface area contributed by atoms with E-state index in [1.807, 2.05) is 37.3 Å². The van der Waals surface area contributed by atoms with Gasteiger partial charge in [-0.15, -0.1) is 0 Å². The van der Waals surface area contributed by atoms with Crippen LogP contribution in [0.25, 0.3) is 0 Å². The molecule has 0 aliphatic heterocycles. The third-order valence-electron chi connectivity index (χ3n) is 2.38. The van der Waals surface area contributed by atoms with Crippen LogP contribution >= 0.6 is 0 Å². The molecule has 0 bridgehead atoms. The molecule has 1 aromatic carbocycles. The van der Waals surface area contributed by atoms with Crippen molar-refractivity contribution in [1.29, 1.82) is 0 Å². The van der Waals surface area contributed by atoms with E-state index in [-0.39, 0.29) is 11.7 Å². The molecule has 1 aromatic rings. The van der Waals surface area contributed by atoms with E-state index in [9.17, 15) is 4.79 Å². The van der Waals surface area contributed by atoms with E-state index in [0.29, 0.717) is 0 Å². The lowest BCUT2D eigenvalue weighted by molar-refractivity contribution is 0.0929. The van der Waals surface area contributed by atoms with Crippen molar-refractivity contribution < 1.29 is 4.79 Å². The average Bonchev–Trinajstić information content (AvgIpc) is 2.29. The molecule has 1 rings (SSSR count). The van der Waals surface area contributed by atoms with Crippen LogP contribution in [0.2, 0.25) is 0 Å². The highest BCUT2D eigenvalue weighted by atomic mass is 16.1. The van der Waals surface area contributed by atoms with Gasteiger partial charge in [0.1, 0.15) is 0 Å². The summed E-state index contributed by atoms with van der Waals surface area (Å²) >= 11 is 0. The Morgan fingerprint density at radius 3 is 2.60 bits per heavy atom. The maximum atomic E-state index is 11.9. The van der Waals surface area contributed by atoms with Crippen LogP contribution in [0.15, 0.2) is 30.3 Å². The van der Waals surface area contributed by atoms with Crippen molar-refractivity contribution in [3.05, 3.63) is 35.9 Å². The fraction of sp³-hybridized carbons (Fsp3) is 0.462. The molecule has 15 heavy (non-hydrogen) atoms. The molecule has 2 nitrogen and oxygen atoms in total. The maximum absolute atomic E-state index is 11.9. The lowest BCUT2D eigenvalue weighted by atomic mass is 9.99. The van der Waals surface area contributed by atoms with Crippen LogP contribution in [-0.4, -0.2) is 18.9 Å². The van der Waals surface area contributed by atoms with Crippen LogP contribution in [0.4, 0.5) is 0 Å². The van der Waals surface area contributed by atoms with E-state index in [0.717, 1.165) is 25.1 Å². The molecule has 0 fully saturated rings. The quantitative estimate of drug-likeness (QED) is 0.571. The van der Waals surface area contributed by atoms with Crippen LogP contribution in [0.1, 0.15) is 30.6 Å². The number of carbonyl (C=O) groups is 1. The number of Topliss-reactive ketones (excluding diaryl/α,β-unsaturated/α-hetero) is 1. The summed E-state index contributed by atoms with van der Waals surface area (Å²) < 4.78 is 0. The third-order valence-corrected chi connectivity index (χ3v) is 2.38. The number of hydrogen-bond acceptors (Lipinski definition) is 2. The predicted octanol–water partition coefficient (Wildman–Crippen LogP) is 2.51. The van der Waals surface area contributed by atoms with Gasteiger partial charge in [0, 0.05) is 18.0 Å². The smallest absolute Gasteiger partial charge is 0.166 e. The molecule has 82 valence electrons. The van der Waals surface area contributed by atoms with Crippen molar-refractivity contribution in [2.45, 2.75) is 20.3 Å². The summed E-state index contributed by atoms with van der Waals surface area (Å²) in [5, 5.41) is 3.26. The van der Waals surface area contributed by atoms with Crippen molar-refractivity contribution in [1.82, 2.24) is 5.32 Å². The third kappa shape index (κ3) is 3.84. The molecule has 0 aromatic heterocycles. The Kier molecular flexibility index (Phi) is 5.05. The molecule has 0 saturated heterocycles. The highest BCUT2D eigenvalue weighted by Crippen LogP contribution is 2.07. The summed E-state index contributed by atoms with van der Waals surface area (Å²) in [4.78, 5) is 11.9. The lowest BCUT2D eigenvalue weighted by Gasteiger charge is -2.11. The SMILES string of the molecule is CCCNCC(C)C(=O)c1ccccc1. The van der Waals surface area contributed by atoms with Gasteiger partial charge in [0.2, 0.25) is 0 Å². The topological polar surface area (TPSA) is 29.1 Å². The van der Waals surface area contributed by atoms with Gasteiger partial charge in [-0.1, -0.05) is 44.2 Å². The minimum Gasteiger partial charge on any atom is -0.316 e. The number of carbonyl (C=O) groups excluding carboxylic acids is 1. The molecular formula is C13H19NO. The summed E-state index contributed by atoms with van der Waals surface area (Å²) in [5.74, 6) is 0.276. The van der Waals surface area contributed by atoms with Gasteiger partial charge < -0.3 is 5.32 Å². The summed E-state index contributed by atoms with van der Waals surface area (Å²) in [6, 6.07) is 9.48. The molecule has 0 amide bonds. The van der Waals surface area contributed by atoms with Gasteiger partial charge in [0.05, 0.1) is 0 Å². The van der Waals surface area contributed by atoms with E-state index in [1.165, 1.54) is 0 Å². The van der Waals surface area contributed by atoms with Crippen molar-refractivity contribution >= 4 is 5.78 Å². The molecule has 2 heteroatoms. The van der Waals surface area contributed by atoms with Crippen molar-refractivity contribution in [2.75, 3.05) is 13.1 Å². The Morgan fingerprint density at radius 2 is 2.00 bits per heavy atom. The second kappa shape index (κ2) is 6.36. The molecular weight excluding hydrogens is 186 g/mol. The second-order valence-electron chi connectivity index (χ2n) is 3.84. The molecule has 0 saturated carbocycles. The van der Waals surface area contributed by atoms with Gasteiger partial charge in [-0.3, -0.25) is 4.79 Å². The van der Waals surface area contributed by atoms with E-state index in [4.69, 9.17) is 0 Å². The summed E-state index contributed by atoms with van der Waals surface area (Å²) in [5.41, 5.74) is 0.809. The minimum atomic E-state index is 0.0546. The average molecular weight is 205 g/mol. The van der Waals surface area contributed by atoms with E-state index >= 15 is 0 Å². The van der Waals surface area contributed by atoms with E-state index in [2.05, 4.69) is 12.2 Å². The predicted molar refractivity (Wildman–Crippen MR) is 63.1 cm³/mol. The normalized spacial score (nSPS) is 12.4. The van der Waals surface area contributed by atoms with Crippen LogP contribution in [0, 0.1) is 5.92 Å². The van der Waals surface area contributed by atoms with Gasteiger partial charge in [-0.25, -0.2) is 0 Å². The first-order valence-electron chi connectivity index (χ1n) is 5.55. The summed E-state index contributed by atoms with van der Waals surface area (Å²) in [6.07, 6.45) is 1.10. The molecule has 0 heterocycles. The molecule has 0 spiro atoms. The largest absolute Gasteiger partial charge is 0.316 e. The highest BCUT2D eigenvalue weighted by molar-refractivity contribution is 5.97. The summed E-state index contributed by atoms with van der Waals surface area (Å²) in [6.45, 7) is 5.84. The van der Waals surface area contributed by atoms with E-state index in [1.54, 1.807) is 0 Å². The van der Waals surface area contributed by atoms with Crippen LogP contribution in [0.5, 0.6) is 0 Å². The molecule has 1 unspecified atom stereocenters. The van der Waals surface area contributed by atoms with Gasteiger partial charge in [-0.2, -0.15) is 0 Å². The standard InChI is InChI=1S/C13H19NO/c1-3-9-14-10-11(2)13(15)12-7-5-4-6-8-12/h4-8,11,14H,3,9-10H2,1-2H3. The lowest BCUT2D eigenvalue weighted by Crippen LogP contribution is -2.27. The molecule has 0 aliphatic rings. The maximum Gasteiger partial charge on any atom is 0.166 e. The number of rotatable bonds is 6. The summed E-state index contributed by atoms with van der Waals surface area (Å²) in [7, 11) is 0.